The van der Waals surface area contributed by atoms with Gasteiger partial charge in [-0.25, -0.2) is 4.79 Å². The number of phenols is 1. The standard InChI is InChI=1S/C45H44N6O7S/c1-2-42(54)48-22-31(23-48)50-21-30-10-9-29(35-19-32(52)17-28-5-3-4-6-34(28)35)18-39(30)49(45(50)57)16-15-46-20-27-7-11-33(12-8-27)58-25-40-36-24-51(44(56)37(36)26-59-40)38-13-14-41(53)47-43(38)55/h3-12,17-19,26,31,38,46,52H,2,13-16,20-25H2,1H3,(H,47,53,55). The molecule has 302 valence electrons. The molecule has 0 saturated carbocycles. The van der Waals surface area contributed by atoms with Gasteiger partial charge in [-0.1, -0.05) is 55.5 Å². The van der Waals surface area contributed by atoms with Crippen molar-refractivity contribution in [2.24, 2.45) is 0 Å². The molecule has 4 aromatic carbocycles. The van der Waals surface area contributed by atoms with Gasteiger partial charge in [0.2, 0.25) is 17.7 Å². The second kappa shape index (κ2) is 15.8. The van der Waals surface area contributed by atoms with Crippen LogP contribution in [0.25, 0.3) is 21.9 Å². The van der Waals surface area contributed by atoms with Gasteiger partial charge in [-0.2, -0.15) is 0 Å². The van der Waals surface area contributed by atoms with Crippen LogP contribution >= 0.6 is 11.3 Å². The molecule has 6 amide bonds. The number of hydrogen-bond donors (Lipinski definition) is 3. The summed E-state index contributed by atoms with van der Waals surface area (Å²) in [6.45, 7) is 5.50. The van der Waals surface area contributed by atoms with Crippen LogP contribution in [0.4, 0.5) is 10.5 Å². The monoisotopic (exact) mass is 812 g/mol. The Morgan fingerprint density at radius 3 is 2.56 bits per heavy atom. The molecule has 14 heteroatoms. The molecule has 9 rings (SSSR count). The quantitative estimate of drug-likeness (QED) is 0.106. The molecule has 2 fully saturated rings. The van der Waals surface area contributed by atoms with Gasteiger partial charge < -0.3 is 29.9 Å². The minimum absolute atomic E-state index is 0.0483. The third-order valence-electron chi connectivity index (χ3n) is 11.8. The van der Waals surface area contributed by atoms with Gasteiger partial charge in [0.1, 0.15) is 24.1 Å². The Morgan fingerprint density at radius 2 is 1.76 bits per heavy atom. The molecule has 59 heavy (non-hydrogen) atoms. The van der Waals surface area contributed by atoms with Crippen molar-refractivity contribution in [3.8, 4) is 22.6 Å². The maximum Gasteiger partial charge on any atom is 0.325 e. The van der Waals surface area contributed by atoms with E-state index in [0.717, 1.165) is 49.2 Å². The Hall–Kier alpha value is -6.25. The maximum atomic E-state index is 14.2. The topological polar surface area (TPSA) is 152 Å². The minimum Gasteiger partial charge on any atom is -0.508 e. The number of piperidine rings is 1. The summed E-state index contributed by atoms with van der Waals surface area (Å²) in [5, 5.41) is 20.2. The van der Waals surface area contributed by atoms with Crippen molar-refractivity contribution < 1.29 is 33.8 Å². The molecule has 13 nitrogen and oxygen atoms in total. The first-order valence-electron chi connectivity index (χ1n) is 20.0. The summed E-state index contributed by atoms with van der Waals surface area (Å²) in [5.41, 5.74) is 6.16. The number of benzene rings is 4. The predicted octanol–water partition coefficient (Wildman–Crippen LogP) is 5.77. The van der Waals surface area contributed by atoms with Crippen LogP contribution < -0.4 is 20.3 Å². The summed E-state index contributed by atoms with van der Waals surface area (Å²) in [6.07, 6.45) is 0.978. The number of ether oxygens (including phenoxy) is 1. The lowest BCUT2D eigenvalue weighted by Crippen LogP contribution is -2.65. The number of aromatic hydroxyl groups is 1. The number of likely N-dealkylation sites (tertiary alicyclic amines) is 1. The van der Waals surface area contributed by atoms with Crippen LogP contribution in [-0.2, 0) is 40.6 Å². The number of carbonyl (C=O) groups excluding carboxylic acids is 5. The van der Waals surface area contributed by atoms with Crippen LogP contribution in [0.2, 0.25) is 0 Å². The molecule has 4 aliphatic rings. The highest BCUT2D eigenvalue weighted by atomic mass is 32.1. The number of amides is 6. The molecule has 1 aromatic heterocycles. The van der Waals surface area contributed by atoms with Gasteiger partial charge in [0.25, 0.3) is 5.91 Å². The number of imide groups is 1. The molecule has 0 spiro atoms. The third kappa shape index (κ3) is 7.38. The summed E-state index contributed by atoms with van der Waals surface area (Å²) in [5.74, 6) is 0.0285. The van der Waals surface area contributed by atoms with Gasteiger partial charge in [0.15, 0.2) is 0 Å². The first-order chi connectivity index (χ1) is 28.6. The van der Waals surface area contributed by atoms with Crippen LogP contribution in [0.1, 0.15) is 58.1 Å². The van der Waals surface area contributed by atoms with Crippen LogP contribution in [-0.4, -0.2) is 87.7 Å². The molecule has 3 N–H and O–H groups in total. The van der Waals surface area contributed by atoms with Gasteiger partial charge in [-0.05, 0) is 69.8 Å². The molecule has 2 saturated heterocycles. The summed E-state index contributed by atoms with van der Waals surface area (Å²) < 4.78 is 6.12. The number of urea groups is 1. The Kier molecular flexibility index (Phi) is 10.3. The van der Waals surface area contributed by atoms with Crippen molar-refractivity contribution in [1.29, 1.82) is 0 Å². The summed E-state index contributed by atoms with van der Waals surface area (Å²) in [4.78, 5) is 71.7. The number of phenolic OH excluding ortho intramolecular Hbond substituents is 1. The van der Waals surface area contributed by atoms with Gasteiger partial charge in [-0.15, -0.1) is 11.3 Å². The highest BCUT2D eigenvalue weighted by molar-refractivity contribution is 7.10. The fourth-order valence-electron chi connectivity index (χ4n) is 8.54. The molecular formula is C45H44N6O7S. The van der Waals surface area contributed by atoms with Crippen molar-refractivity contribution in [1.82, 2.24) is 25.3 Å². The Morgan fingerprint density at radius 1 is 0.949 bits per heavy atom. The van der Waals surface area contributed by atoms with Crippen molar-refractivity contribution in [3.63, 3.8) is 0 Å². The summed E-state index contributed by atoms with van der Waals surface area (Å²) >= 11 is 1.46. The number of anilines is 1. The van der Waals surface area contributed by atoms with Crippen LogP contribution in [0.15, 0.2) is 84.2 Å². The lowest BCUT2D eigenvalue weighted by Gasteiger charge is -2.48. The van der Waals surface area contributed by atoms with E-state index < -0.39 is 11.9 Å². The fourth-order valence-corrected chi connectivity index (χ4v) is 9.49. The van der Waals surface area contributed by atoms with E-state index in [2.05, 4.69) is 28.8 Å². The van der Waals surface area contributed by atoms with E-state index in [0.29, 0.717) is 70.0 Å². The van der Waals surface area contributed by atoms with Crippen LogP contribution in [0, 0.1) is 0 Å². The molecule has 0 radical (unpaired) electrons. The Bertz CT molecular complexity index is 2500. The number of thiophene rings is 1. The van der Waals surface area contributed by atoms with E-state index in [1.165, 1.54) is 11.3 Å². The maximum absolute atomic E-state index is 14.2. The van der Waals surface area contributed by atoms with Gasteiger partial charge in [0.05, 0.1) is 17.3 Å². The second-order valence-electron chi connectivity index (χ2n) is 15.5. The van der Waals surface area contributed by atoms with Crippen molar-refractivity contribution in [3.05, 3.63) is 111 Å². The van der Waals surface area contributed by atoms with E-state index in [4.69, 9.17) is 4.74 Å². The number of carbonyl (C=O) groups is 5. The van der Waals surface area contributed by atoms with Crippen molar-refractivity contribution in [2.45, 2.75) is 64.5 Å². The van der Waals surface area contributed by atoms with E-state index in [-0.39, 0.29) is 48.6 Å². The second-order valence-corrected chi connectivity index (χ2v) is 16.5. The molecular weight excluding hydrogens is 769 g/mol. The van der Waals surface area contributed by atoms with Crippen molar-refractivity contribution >= 4 is 57.5 Å². The smallest absolute Gasteiger partial charge is 0.325 e. The average Bonchev–Trinajstić information content (AvgIpc) is 3.77. The van der Waals surface area contributed by atoms with Crippen LogP contribution in [0.5, 0.6) is 11.5 Å². The van der Waals surface area contributed by atoms with E-state index in [1.807, 2.05) is 70.6 Å². The molecule has 0 aliphatic carbocycles. The number of hydrogen-bond acceptors (Lipinski definition) is 9. The normalized spacial score (nSPS) is 17.9. The zero-order valence-corrected chi connectivity index (χ0v) is 33.4. The zero-order valence-electron chi connectivity index (χ0n) is 32.6. The van der Waals surface area contributed by atoms with Crippen LogP contribution in [0.3, 0.4) is 0 Å². The lowest BCUT2D eigenvalue weighted by molar-refractivity contribution is -0.138. The van der Waals surface area contributed by atoms with E-state index >= 15 is 0 Å². The number of nitrogens with one attached hydrogen (secondary N) is 2. The summed E-state index contributed by atoms with van der Waals surface area (Å²) in [7, 11) is 0. The van der Waals surface area contributed by atoms with E-state index in [1.54, 1.807) is 21.9 Å². The number of nitrogens with zero attached hydrogens (tertiary/aromatic N) is 4. The Labute approximate surface area is 345 Å². The first-order valence-corrected chi connectivity index (χ1v) is 20.9. The SMILES string of the molecule is CCC(=O)N1CC(N2Cc3ccc(-c4cc(O)cc5ccccc45)cc3N(CCNCc3ccc(OCc4scc5c4CN(C4CCC(=O)NC4=O)C5=O)cc3)C2=O)C1. The number of rotatable bonds is 12. The van der Waals surface area contributed by atoms with E-state index in [9.17, 15) is 29.1 Å². The predicted molar refractivity (Wildman–Crippen MR) is 223 cm³/mol. The fraction of sp³-hybridized carbons (Fsp3) is 0.311. The molecule has 4 aliphatic heterocycles. The number of fused-ring (bicyclic) bond motifs is 3. The first kappa shape index (κ1) is 38.3. The highest BCUT2D eigenvalue weighted by Crippen LogP contribution is 2.39. The molecule has 5 heterocycles. The molecule has 1 atom stereocenters. The largest absolute Gasteiger partial charge is 0.508 e. The molecule has 0 bridgehead atoms. The van der Waals surface area contributed by atoms with Gasteiger partial charge in [0, 0.05) is 74.5 Å². The van der Waals surface area contributed by atoms with Crippen molar-refractivity contribution in [2.75, 3.05) is 31.1 Å². The average molecular weight is 813 g/mol. The lowest BCUT2D eigenvalue weighted by atomic mass is 9.94. The highest BCUT2D eigenvalue weighted by Gasteiger charge is 2.42. The molecule has 1 unspecified atom stereocenters. The third-order valence-corrected chi connectivity index (χ3v) is 12.8. The Balaban J connectivity index is 0.843. The zero-order chi connectivity index (χ0) is 40.8. The summed E-state index contributed by atoms with van der Waals surface area (Å²) in [6, 6.07) is 24.6. The van der Waals surface area contributed by atoms with Gasteiger partial charge in [-0.3, -0.25) is 29.4 Å². The minimum atomic E-state index is -0.652. The molecule has 5 aromatic rings. The van der Waals surface area contributed by atoms with Gasteiger partial charge >= 0.3 is 6.03 Å².